The highest BCUT2D eigenvalue weighted by atomic mass is 35.5. The van der Waals surface area contributed by atoms with Gasteiger partial charge in [0.05, 0.1) is 5.69 Å². The number of nitrogens with one attached hydrogen (secondary N) is 2. The van der Waals surface area contributed by atoms with Gasteiger partial charge in [0, 0.05) is 5.92 Å². The molecule has 0 aliphatic carbocycles. The molecule has 1 aliphatic rings. The zero-order valence-electron chi connectivity index (χ0n) is 11.4. The van der Waals surface area contributed by atoms with Crippen molar-refractivity contribution in [2.75, 3.05) is 13.1 Å². The Labute approximate surface area is 123 Å². The van der Waals surface area contributed by atoms with E-state index < -0.39 is 0 Å². The number of nitrogens with zero attached hydrogens (tertiary/aromatic N) is 2. The molecule has 2 heterocycles. The number of hydrogen-bond donors (Lipinski definition) is 2. The maximum atomic E-state index is 12.0. The normalized spacial score (nSPS) is 15.8. The van der Waals surface area contributed by atoms with E-state index in [0.717, 1.165) is 37.4 Å². The second-order valence-corrected chi connectivity index (χ2v) is 5.08. The van der Waals surface area contributed by atoms with Crippen LogP contribution in [0.4, 0.5) is 0 Å². The summed E-state index contributed by atoms with van der Waals surface area (Å²) in [6, 6.07) is 7.97. The SMILES string of the molecule is Cc1ccc(-n2c(C3CCNCC3)n[nH]c2=O)cc1.Cl. The fraction of sp³-hybridized carbons (Fsp3) is 0.429. The molecule has 20 heavy (non-hydrogen) atoms. The predicted molar refractivity (Wildman–Crippen MR) is 81.0 cm³/mol. The average molecular weight is 295 g/mol. The van der Waals surface area contributed by atoms with E-state index in [9.17, 15) is 4.79 Å². The average Bonchev–Trinajstić information content (AvgIpc) is 2.83. The number of rotatable bonds is 2. The second-order valence-electron chi connectivity index (χ2n) is 5.08. The zero-order chi connectivity index (χ0) is 13.2. The first-order chi connectivity index (χ1) is 9.25. The summed E-state index contributed by atoms with van der Waals surface area (Å²) in [5.74, 6) is 1.21. The Morgan fingerprint density at radius 3 is 2.50 bits per heavy atom. The van der Waals surface area contributed by atoms with Crippen LogP contribution in [0.2, 0.25) is 0 Å². The summed E-state index contributed by atoms with van der Waals surface area (Å²) in [6.07, 6.45) is 2.05. The lowest BCUT2D eigenvalue weighted by Crippen LogP contribution is -2.29. The van der Waals surface area contributed by atoms with Crippen molar-refractivity contribution in [2.24, 2.45) is 0 Å². The molecular weight excluding hydrogens is 276 g/mol. The quantitative estimate of drug-likeness (QED) is 0.887. The molecule has 3 rings (SSSR count). The lowest BCUT2D eigenvalue weighted by atomic mass is 9.97. The van der Waals surface area contributed by atoms with Gasteiger partial charge in [0.1, 0.15) is 5.82 Å². The van der Waals surface area contributed by atoms with Crippen LogP contribution in [-0.2, 0) is 0 Å². The summed E-state index contributed by atoms with van der Waals surface area (Å²) in [5.41, 5.74) is 1.92. The van der Waals surface area contributed by atoms with E-state index in [1.807, 2.05) is 31.2 Å². The number of aromatic nitrogens is 3. The molecule has 0 bridgehead atoms. The van der Waals surface area contributed by atoms with Crippen molar-refractivity contribution in [3.8, 4) is 5.69 Å². The molecule has 0 radical (unpaired) electrons. The molecule has 0 unspecified atom stereocenters. The summed E-state index contributed by atoms with van der Waals surface area (Å²) in [5, 5.41) is 10.2. The van der Waals surface area contributed by atoms with Crippen LogP contribution in [0.1, 0.15) is 30.1 Å². The van der Waals surface area contributed by atoms with Gasteiger partial charge in [-0.2, -0.15) is 5.10 Å². The molecule has 5 nitrogen and oxygen atoms in total. The number of piperidine rings is 1. The van der Waals surface area contributed by atoms with Crippen molar-refractivity contribution in [3.63, 3.8) is 0 Å². The molecule has 0 spiro atoms. The maximum absolute atomic E-state index is 12.0. The first-order valence-corrected chi connectivity index (χ1v) is 6.71. The van der Waals surface area contributed by atoms with Crippen molar-refractivity contribution >= 4 is 12.4 Å². The first-order valence-electron chi connectivity index (χ1n) is 6.71. The molecular formula is C14H19ClN4O. The number of hydrogen-bond acceptors (Lipinski definition) is 3. The van der Waals surface area contributed by atoms with Crippen LogP contribution < -0.4 is 11.0 Å². The Balaban J connectivity index is 0.00000147. The number of benzene rings is 1. The molecule has 6 heteroatoms. The number of aryl methyl sites for hydroxylation is 1. The van der Waals surface area contributed by atoms with Crippen LogP contribution >= 0.6 is 12.4 Å². The van der Waals surface area contributed by atoms with Crippen LogP contribution in [0.25, 0.3) is 5.69 Å². The van der Waals surface area contributed by atoms with Gasteiger partial charge >= 0.3 is 5.69 Å². The Bertz CT molecular complexity index is 611. The van der Waals surface area contributed by atoms with Gasteiger partial charge in [-0.25, -0.2) is 14.5 Å². The van der Waals surface area contributed by atoms with Gasteiger partial charge in [-0.15, -0.1) is 12.4 Å². The van der Waals surface area contributed by atoms with Crippen molar-refractivity contribution in [1.29, 1.82) is 0 Å². The summed E-state index contributed by atoms with van der Waals surface area (Å²) in [6.45, 7) is 4.01. The van der Waals surface area contributed by atoms with E-state index in [0.29, 0.717) is 5.92 Å². The van der Waals surface area contributed by atoms with Gasteiger partial charge in [0.2, 0.25) is 0 Å². The van der Waals surface area contributed by atoms with E-state index in [-0.39, 0.29) is 18.1 Å². The van der Waals surface area contributed by atoms with Crippen molar-refractivity contribution in [2.45, 2.75) is 25.7 Å². The standard InChI is InChI=1S/C14H18N4O.ClH/c1-10-2-4-12(5-3-10)18-13(16-17-14(18)19)11-6-8-15-9-7-11;/h2-5,11,15H,6-9H2,1H3,(H,17,19);1H. The smallest absolute Gasteiger partial charge is 0.317 e. The van der Waals surface area contributed by atoms with Crippen LogP contribution in [0.15, 0.2) is 29.1 Å². The Morgan fingerprint density at radius 2 is 1.85 bits per heavy atom. The minimum absolute atomic E-state index is 0. The fourth-order valence-electron chi connectivity index (χ4n) is 2.61. The molecule has 0 amide bonds. The van der Waals surface area contributed by atoms with Crippen LogP contribution in [0.3, 0.4) is 0 Å². The molecule has 0 saturated carbocycles. The molecule has 2 aromatic rings. The molecule has 1 aromatic carbocycles. The molecule has 1 aromatic heterocycles. The lowest BCUT2D eigenvalue weighted by Gasteiger charge is -2.22. The van der Waals surface area contributed by atoms with Crippen molar-refractivity contribution < 1.29 is 0 Å². The van der Waals surface area contributed by atoms with Crippen molar-refractivity contribution in [1.82, 2.24) is 20.1 Å². The summed E-state index contributed by atoms with van der Waals surface area (Å²) < 4.78 is 1.70. The highest BCUT2D eigenvalue weighted by Gasteiger charge is 2.22. The monoisotopic (exact) mass is 294 g/mol. The third kappa shape index (κ3) is 2.78. The highest BCUT2D eigenvalue weighted by molar-refractivity contribution is 5.85. The van der Waals surface area contributed by atoms with Crippen LogP contribution in [-0.4, -0.2) is 27.9 Å². The topological polar surface area (TPSA) is 62.7 Å². The van der Waals surface area contributed by atoms with E-state index in [1.54, 1.807) is 4.57 Å². The molecule has 0 atom stereocenters. The Morgan fingerprint density at radius 1 is 1.20 bits per heavy atom. The molecule has 1 fully saturated rings. The van der Waals surface area contributed by atoms with Gasteiger partial charge in [-0.3, -0.25) is 0 Å². The first kappa shape index (κ1) is 14.8. The fourth-order valence-corrected chi connectivity index (χ4v) is 2.61. The van der Waals surface area contributed by atoms with E-state index in [1.165, 1.54) is 5.56 Å². The predicted octanol–water partition coefficient (Wildman–Crippen LogP) is 1.76. The number of halogens is 1. The molecule has 2 N–H and O–H groups in total. The maximum Gasteiger partial charge on any atom is 0.347 e. The number of H-pyrrole nitrogens is 1. The van der Waals surface area contributed by atoms with Gasteiger partial charge in [0.25, 0.3) is 0 Å². The van der Waals surface area contributed by atoms with E-state index >= 15 is 0 Å². The third-order valence-corrected chi connectivity index (χ3v) is 3.69. The summed E-state index contributed by atoms with van der Waals surface area (Å²) in [7, 11) is 0. The van der Waals surface area contributed by atoms with E-state index in [2.05, 4.69) is 15.5 Å². The molecule has 1 aliphatic heterocycles. The minimum Gasteiger partial charge on any atom is -0.317 e. The van der Waals surface area contributed by atoms with Crippen LogP contribution in [0.5, 0.6) is 0 Å². The van der Waals surface area contributed by atoms with E-state index in [4.69, 9.17) is 0 Å². The lowest BCUT2D eigenvalue weighted by molar-refractivity contribution is 0.440. The largest absolute Gasteiger partial charge is 0.347 e. The molecule has 1 saturated heterocycles. The summed E-state index contributed by atoms with van der Waals surface area (Å²) >= 11 is 0. The highest BCUT2D eigenvalue weighted by Crippen LogP contribution is 2.24. The molecule has 108 valence electrons. The van der Waals surface area contributed by atoms with Crippen molar-refractivity contribution in [3.05, 3.63) is 46.1 Å². The van der Waals surface area contributed by atoms with Gasteiger partial charge < -0.3 is 5.32 Å². The van der Waals surface area contributed by atoms with Gasteiger partial charge in [0.15, 0.2) is 0 Å². The Hall–Kier alpha value is -1.59. The van der Waals surface area contributed by atoms with Gasteiger partial charge in [-0.05, 0) is 45.0 Å². The minimum atomic E-state index is -0.155. The van der Waals surface area contributed by atoms with Gasteiger partial charge in [-0.1, -0.05) is 17.7 Å². The summed E-state index contributed by atoms with van der Waals surface area (Å²) in [4.78, 5) is 12.0. The third-order valence-electron chi connectivity index (χ3n) is 3.69. The Kier molecular flexibility index (Phi) is 4.62. The second kappa shape index (κ2) is 6.24. The zero-order valence-corrected chi connectivity index (χ0v) is 12.2. The van der Waals surface area contributed by atoms with Crippen LogP contribution in [0, 0.1) is 6.92 Å². The number of aromatic amines is 1.